The maximum Gasteiger partial charge on any atom is 0.322 e. The number of ether oxygens (including phenoxy) is 1. The highest BCUT2D eigenvalue weighted by Crippen LogP contribution is 2.16. The minimum Gasteiger partial charge on any atom is -0.480 e. The number of carboxylic acids is 1. The van der Waals surface area contributed by atoms with Gasteiger partial charge >= 0.3 is 11.9 Å². The highest BCUT2D eigenvalue weighted by molar-refractivity contribution is 5.80. The minimum atomic E-state index is -1.02. The van der Waals surface area contributed by atoms with Crippen LogP contribution in [0.1, 0.15) is 194 Å². The van der Waals surface area contributed by atoms with Gasteiger partial charge in [-0.2, -0.15) is 0 Å². The van der Waals surface area contributed by atoms with Crippen LogP contribution in [0.3, 0.4) is 0 Å². The molecule has 0 aromatic heterocycles. The highest BCUT2D eigenvalue weighted by Gasteiger charge is 2.11. The molecule has 0 heterocycles. The van der Waals surface area contributed by atoms with Crippen molar-refractivity contribution in [2.24, 2.45) is 0 Å². The summed E-state index contributed by atoms with van der Waals surface area (Å²) in [6.45, 7) is 4.18. The van der Waals surface area contributed by atoms with Gasteiger partial charge < -0.3 is 15.2 Å². The first-order chi connectivity index (χ1) is 22.0. The Hall–Kier alpha value is -2.11. The van der Waals surface area contributed by atoms with Crippen molar-refractivity contribution in [2.75, 3.05) is 6.54 Å². The number of carboxylic acid groups (broad SMARTS) is 1. The number of carbonyl (C=O) groups is 3. The van der Waals surface area contributed by atoms with Crippen LogP contribution in [-0.2, 0) is 19.1 Å². The number of hydrogen-bond donors (Lipinski definition) is 2. The molecule has 0 rings (SSSR count). The highest BCUT2D eigenvalue weighted by atomic mass is 16.5. The molecule has 2 N–H and O–H groups in total. The van der Waals surface area contributed by atoms with Gasteiger partial charge in [-0.15, -0.1) is 0 Å². The molecule has 0 radical (unpaired) electrons. The van der Waals surface area contributed by atoms with Crippen LogP contribution >= 0.6 is 0 Å². The van der Waals surface area contributed by atoms with Crippen LogP contribution in [0.5, 0.6) is 0 Å². The fourth-order valence-corrected chi connectivity index (χ4v) is 5.52. The first-order valence-electron chi connectivity index (χ1n) is 19.0. The summed E-state index contributed by atoms with van der Waals surface area (Å²) in [5.41, 5.74) is 0. The fourth-order valence-electron chi connectivity index (χ4n) is 5.52. The Morgan fingerprint density at radius 2 is 1.09 bits per heavy atom. The molecule has 0 aromatic carbocycles. The summed E-state index contributed by atoms with van der Waals surface area (Å²) >= 11 is 0. The molecule has 1 amide bonds. The van der Waals surface area contributed by atoms with Crippen molar-refractivity contribution in [3.63, 3.8) is 0 Å². The lowest BCUT2D eigenvalue weighted by molar-refractivity contribution is -0.147. The van der Waals surface area contributed by atoms with E-state index >= 15 is 0 Å². The quantitative estimate of drug-likeness (QED) is 0.0418. The van der Waals surface area contributed by atoms with Crippen molar-refractivity contribution in [1.82, 2.24) is 5.32 Å². The van der Waals surface area contributed by atoms with Crippen molar-refractivity contribution >= 4 is 17.8 Å². The van der Waals surface area contributed by atoms with Gasteiger partial charge in [0.2, 0.25) is 5.91 Å². The van der Waals surface area contributed by atoms with E-state index in [9.17, 15) is 14.4 Å². The van der Waals surface area contributed by atoms with Gasteiger partial charge in [0.25, 0.3) is 0 Å². The molecule has 0 aliphatic heterocycles. The predicted octanol–water partition coefficient (Wildman–Crippen LogP) is 11.2. The first-order valence-corrected chi connectivity index (χ1v) is 19.0. The molecule has 0 aliphatic rings. The monoisotopic (exact) mass is 634 g/mol. The Morgan fingerprint density at radius 3 is 1.64 bits per heavy atom. The first kappa shape index (κ1) is 42.9. The second kappa shape index (κ2) is 34.8. The molecule has 6 heteroatoms. The number of aliphatic carboxylic acids is 1. The SMILES string of the molecule is CCCCC/C=C\C/C=C\C(CCCCCCCCC(=O)NCC(=O)O)OC(=O)CCCCCCCCCCCCCCCC. The van der Waals surface area contributed by atoms with Gasteiger partial charge in [0.15, 0.2) is 0 Å². The predicted molar refractivity (Wildman–Crippen MR) is 189 cm³/mol. The van der Waals surface area contributed by atoms with Crippen LogP contribution in [-0.4, -0.2) is 35.6 Å². The van der Waals surface area contributed by atoms with E-state index in [1.807, 2.05) is 0 Å². The number of amides is 1. The third kappa shape index (κ3) is 34.6. The molecule has 1 unspecified atom stereocenters. The van der Waals surface area contributed by atoms with E-state index < -0.39 is 5.97 Å². The zero-order valence-electron chi connectivity index (χ0n) is 29.5. The van der Waals surface area contributed by atoms with Gasteiger partial charge in [-0.05, 0) is 51.0 Å². The summed E-state index contributed by atoms with van der Waals surface area (Å²) in [4.78, 5) is 34.7. The maximum atomic E-state index is 12.6. The molecule has 0 aromatic rings. The van der Waals surface area contributed by atoms with Gasteiger partial charge in [0, 0.05) is 12.8 Å². The summed E-state index contributed by atoms with van der Waals surface area (Å²) in [5, 5.41) is 11.0. The summed E-state index contributed by atoms with van der Waals surface area (Å²) < 4.78 is 5.90. The number of unbranched alkanes of at least 4 members (excludes halogenated alkanes) is 21. The number of rotatable bonds is 34. The molecule has 0 saturated heterocycles. The van der Waals surface area contributed by atoms with E-state index in [1.54, 1.807) is 0 Å². The minimum absolute atomic E-state index is 0.0696. The average molecular weight is 634 g/mol. The lowest BCUT2D eigenvalue weighted by Crippen LogP contribution is -2.28. The van der Waals surface area contributed by atoms with E-state index in [-0.39, 0.29) is 24.5 Å². The summed E-state index contributed by atoms with van der Waals surface area (Å²) in [7, 11) is 0. The Morgan fingerprint density at radius 1 is 0.600 bits per heavy atom. The Labute approximate surface area is 277 Å². The number of nitrogens with one attached hydrogen (secondary N) is 1. The molecular formula is C39H71NO5. The lowest BCUT2D eigenvalue weighted by atomic mass is 10.0. The molecule has 6 nitrogen and oxygen atoms in total. The lowest BCUT2D eigenvalue weighted by Gasteiger charge is -2.14. The normalized spacial score (nSPS) is 12.2. The Bertz CT molecular complexity index is 748. The van der Waals surface area contributed by atoms with E-state index in [0.29, 0.717) is 12.8 Å². The van der Waals surface area contributed by atoms with E-state index in [0.717, 1.165) is 70.6 Å². The van der Waals surface area contributed by atoms with E-state index in [1.165, 1.54) is 96.3 Å². The molecule has 0 aliphatic carbocycles. The van der Waals surface area contributed by atoms with Crippen LogP contribution < -0.4 is 5.32 Å². The smallest absolute Gasteiger partial charge is 0.322 e. The van der Waals surface area contributed by atoms with Crippen LogP contribution in [0.2, 0.25) is 0 Å². The van der Waals surface area contributed by atoms with Crippen molar-refractivity contribution in [3.05, 3.63) is 24.3 Å². The molecule has 262 valence electrons. The van der Waals surface area contributed by atoms with E-state index in [4.69, 9.17) is 9.84 Å². The van der Waals surface area contributed by atoms with Crippen molar-refractivity contribution in [3.8, 4) is 0 Å². The largest absolute Gasteiger partial charge is 0.480 e. The van der Waals surface area contributed by atoms with Crippen LogP contribution in [0.4, 0.5) is 0 Å². The summed E-state index contributed by atoms with van der Waals surface area (Å²) in [6.07, 6.45) is 40.3. The molecule has 45 heavy (non-hydrogen) atoms. The van der Waals surface area contributed by atoms with Gasteiger partial charge in [0.05, 0.1) is 0 Å². The van der Waals surface area contributed by atoms with Crippen molar-refractivity contribution < 1.29 is 24.2 Å². The third-order valence-electron chi connectivity index (χ3n) is 8.36. The second-order valence-corrected chi connectivity index (χ2v) is 12.8. The maximum absolute atomic E-state index is 12.6. The van der Waals surface area contributed by atoms with Crippen LogP contribution in [0.25, 0.3) is 0 Å². The Balaban J connectivity index is 4.15. The topological polar surface area (TPSA) is 92.7 Å². The van der Waals surface area contributed by atoms with Gasteiger partial charge in [-0.3, -0.25) is 14.4 Å². The number of allylic oxidation sites excluding steroid dienone is 3. The van der Waals surface area contributed by atoms with Gasteiger partial charge in [0.1, 0.15) is 12.6 Å². The molecule has 0 spiro atoms. The van der Waals surface area contributed by atoms with Crippen molar-refractivity contribution in [2.45, 2.75) is 200 Å². The average Bonchev–Trinajstić information content (AvgIpc) is 3.02. The van der Waals surface area contributed by atoms with Gasteiger partial charge in [-0.1, -0.05) is 154 Å². The van der Waals surface area contributed by atoms with Crippen LogP contribution in [0.15, 0.2) is 24.3 Å². The zero-order chi connectivity index (χ0) is 33.1. The molecular weight excluding hydrogens is 562 g/mol. The third-order valence-corrected chi connectivity index (χ3v) is 8.36. The summed E-state index contributed by atoms with van der Waals surface area (Å²) in [6, 6.07) is 0. The molecule has 0 saturated carbocycles. The number of esters is 1. The van der Waals surface area contributed by atoms with Gasteiger partial charge in [-0.25, -0.2) is 0 Å². The van der Waals surface area contributed by atoms with Crippen LogP contribution in [0, 0.1) is 0 Å². The van der Waals surface area contributed by atoms with Crippen molar-refractivity contribution in [1.29, 1.82) is 0 Å². The molecule has 0 bridgehead atoms. The number of carbonyl (C=O) groups excluding carboxylic acids is 2. The standard InChI is InChI=1S/C39H71NO5/c1-3-5-7-9-11-13-14-15-16-17-18-20-26-30-34-39(44)45-36(31-27-23-19-12-10-8-6-4-2)32-28-24-21-22-25-29-33-37(41)40-35-38(42)43/h12,19,27,31,36H,3-11,13-18,20-26,28-30,32-35H2,1-2H3,(H,40,41)(H,42,43)/b19-12-,31-27-. The fraction of sp³-hybridized carbons (Fsp3) is 0.821. The molecule has 1 atom stereocenters. The number of hydrogen-bond acceptors (Lipinski definition) is 4. The van der Waals surface area contributed by atoms with E-state index in [2.05, 4.69) is 43.5 Å². The molecule has 0 fully saturated rings. The summed E-state index contributed by atoms with van der Waals surface area (Å²) in [5.74, 6) is -1.28. The second-order valence-electron chi connectivity index (χ2n) is 12.8. The zero-order valence-corrected chi connectivity index (χ0v) is 29.5. The Kier molecular flexibility index (Phi) is 33.1.